The van der Waals surface area contributed by atoms with Crippen molar-refractivity contribution >= 4 is 21.8 Å². The number of nitrogens with zero attached hydrogens (tertiary/aromatic N) is 1. The molecule has 16 heavy (non-hydrogen) atoms. The minimum atomic E-state index is 0.0463. The number of hydrogen-bond donors (Lipinski definition) is 0. The summed E-state index contributed by atoms with van der Waals surface area (Å²) in [7, 11) is 0. The van der Waals surface area contributed by atoms with E-state index in [0.717, 1.165) is 25.9 Å². The molecular weight excluding hydrogens is 266 g/mol. The lowest BCUT2D eigenvalue weighted by Crippen LogP contribution is -2.29. The molecule has 1 heterocycles. The van der Waals surface area contributed by atoms with Gasteiger partial charge in [0.2, 0.25) is 5.91 Å². The topological polar surface area (TPSA) is 20.3 Å². The van der Waals surface area contributed by atoms with E-state index in [1.807, 2.05) is 4.90 Å². The van der Waals surface area contributed by atoms with Gasteiger partial charge in [-0.05, 0) is 25.3 Å². The first-order chi connectivity index (χ1) is 7.66. The molecule has 0 aliphatic carbocycles. The quantitative estimate of drug-likeness (QED) is 0.780. The van der Waals surface area contributed by atoms with Crippen LogP contribution in [0.2, 0.25) is 0 Å². The van der Waals surface area contributed by atoms with Gasteiger partial charge in [-0.25, -0.2) is 0 Å². The highest BCUT2D eigenvalue weighted by Gasteiger charge is 2.28. The molecule has 1 fully saturated rings. The van der Waals surface area contributed by atoms with Gasteiger partial charge in [0, 0.05) is 13.1 Å². The van der Waals surface area contributed by atoms with Crippen LogP contribution < -0.4 is 0 Å². The van der Waals surface area contributed by atoms with Crippen molar-refractivity contribution in [3.05, 3.63) is 35.4 Å². The van der Waals surface area contributed by atoms with Crippen molar-refractivity contribution in [1.29, 1.82) is 0 Å². The molecule has 0 bridgehead atoms. The lowest BCUT2D eigenvalue weighted by molar-refractivity contribution is -0.127. The Labute approximate surface area is 105 Å². The van der Waals surface area contributed by atoms with E-state index in [4.69, 9.17) is 0 Å². The van der Waals surface area contributed by atoms with Crippen LogP contribution in [0.5, 0.6) is 0 Å². The van der Waals surface area contributed by atoms with Crippen LogP contribution in [-0.4, -0.2) is 28.7 Å². The fraction of sp³-hybridized carbons (Fsp3) is 0.462. The number of aryl methyl sites for hydroxylation is 1. The maximum absolute atomic E-state index is 11.7. The normalized spacial score (nSPS) is 20.5. The molecule has 0 spiro atoms. The Kier molecular flexibility index (Phi) is 3.64. The standard InChI is InChI=1S/C13H16BrNO/c1-10-3-2-4-11(9-10)5-7-15-8-6-12(14)13(15)16/h2-4,9,12H,5-8H2,1H3. The maximum atomic E-state index is 11.7. The highest BCUT2D eigenvalue weighted by molar-refractivity contribution is 9.10. The third-order valence-electron chi connectivity index (χ3n) is 2.98. The summed E-state index contributed by atoms with van der Waals surface area (Å²) in [5.41, 5.74) is 2.59. The highest BCUT2D eigenvalue weighted by Crippen LogP contribution is 2.18. The Bertz CT molecular complexity index is 391. The molecule has 1 atom stereocenters. The van der Waals surface area contributed by atoms with Crippen LogP contribution in [0, 0.1) is 6.92 Å². The fourth-order valence-electron chi connectivity index (χ4n) is 2.05. The Hall–Kier alpha value is -0.830. The van der Waals surface area contributed by atoms with Gasteiger partial charge in [-0.3, -0.25) is 4.79 Å². The molecule has 2 rings (SSSR count). The summed E-state index contributed by atoms with van der Waals surface area (Å²) in [5.74, 6) is 0.243. The van der Waals surface area contributed by atoms with Crippen LogP contribution in [0.3, 0.4) is 0 Å². The van der Waals surface area contributed by atoms with Gasteiger partial charge < -0.3 is 4.90 Å². The fourth-order valence-corrected chi connectivity index (χ4v) is 2.55. The molecule has 1 saturated heterocycles. The Morgan fingerprint density at radius 3 is 2.94 bits per heavy atom. The molecule has 3 heteroatoms. The number of hydrogen-bond acceptors (Lipinski definition) is 1. The van der Waals surface area contributed by atoms with Gasteiger partial charge in [0.05, 0.1) is 4.83 Å². The summed E-state index contributed by atoms with van der Waals surface area (Å²) in [4.78, 5) is 13.7. The number of rotatable bonds is 3. The predicted octanol–water partition coefficient (Wildman–Crippen LogP) is 2.53. The largest absolute Gasteiger partial charge is 0.341 e. The molecule has 1 aliphatic rings. The number of amides is 1. The Balaban J connectivity index is 1.90. The van der Waals surface area contributed by atoms with Crippen LogP contribution >= 0.6 is 15.9 Å². The smallest absolute Gasteiger partial charge is 0.236 e. The van der Waals surface area contributed by atoms with Gasteiger partial charge in [-0.1, -0.05) is 45.8 Å². The number of benzene rings is 1. The number of alkyl halides is 1. The van der Waals surface area contributed by atoms with Crippen LogP contribution in [0.15, 0.2) is 24.3 Å². The molecule has 1 aliphatic heterocycles. The molecule has 2 nitrogen and oxygen atoms in total. The van der Waals surface area contributed by atoms with Crippen LogP contribution in [0.1, 0.15) is 17.5 Å². The van der Waals surface area contributed by atoms with Gasteiger partial charge in [0.25, 0.3) is 0 Å². The van der Waals surface area contributed by atoms with Crippen LogP contribution in [-0.2, 0) is 11.2 Å². The first kappa shape index (κ1) is 11.6. The van der Waals surface area contributed by atoms with Crippen molar-refractivity contribution in [3.63, 3.8) is 0 Å². The SMILES string of the molecule is Cc1cccc(CCN2CCC(Br)C2=O)c1. The van der Waals surface area contributed by atoms with Gasteiger partial charge in [-0.15, -0.1) is 0 Å². The van der Waals surface area contributed by atoms with E-state index in [2.05, 4.69) is 47.1 Å². The Morgan fingerprint density at radius 2 is 2.31 bits per heavy atom. The first-order valence-electron chi connectivity index (χ1n) is 5.65. The van der Waals surface area contributed by atoms with E-state index in [1.165, 1.54) is 11.1 Å². The highest BCUT2D eigenvalue weighted by atomic mass is 79.9. The monoisotopic (exact) mass is 281 g/mol. The second kappa shape index (κ2) is 5.00. The van der Waals surface area contributed by atoms with E-state index in [1.54, 1.807) is 0 Å². The van der Waals surface area contributed by atoms with Crippen LogP contribution in [0.4, 0.5) is 0 Å². The van der Waals surface area contributed by atoms with E-state index >= 15 is 0 Å². The van der Waals surface area contributed by atoms with Gasteiger partial charge >= 0.3 is 0 Å². The molecule has 0 saturated carbocycles. The molecule has 1 aromatic carbocycles. The zero-order valence-corrected chi connectivity index (χ0v) is 11.0. The molecule has 0 radical (unpaired) electrons. The molecule has 86 valence electrons. The van der Waals surface area contributed by atoms with E-state index < -0.39 is 0 Å². The van der Waals surface area contributed by atoms with Crippen molar-refractivity contribution in [1.82, 2.24) is 4.90 Å². The first-order valence-corrected chi connectivity index (χ1v) is 6.57. The molecular formula is C13H16BrNO. The summed E-state index contributed by atoms with van der Waals surface area (Å²) in [6.07, 6.45) is 1.89. The van der Waals surface area contributed by atoms with Gasteiger partial charge in [0.1, 0.15) is 0 Å². The van der Waals surface area contributed by atoms with Crippen LogP contribution in [0.25, 0.3) is 0 Å². The average Bonchev–Trinajstić information content (AvgIpc) is 2.57. The number of carbonyl (C=O) groups excluding carboxylic acids is 1. The number of likely N-dealkylation sites (tertiary alicyclic amines) is 1. The average molecular weight is 282 g/mol. The summed E-state index contributed by atoms with van der Waals surface area (Å²) in [5, 5.41) is 0. The molecule has 0 aromatic heterocycles. The Morgan fingerprint density at radius 1 is 1.50 bits per heavy atom. The van der Waals surface area contributed by atoms with Crippen molar-refractivity contribution in [3.8, 4) is 0 Å². The lowest BCUT2D eigenvalue weighted by Gasteiger charge is -2.15. The van der Waals surface area contributed by atoms with E-state index in [9.17, 15) is 4.79 Å². The molecule has 1 aromatic rings. The molecule has 0 N–H and O–H groups in total. The van der Waals surface area contributed by atoms with E-state index in [-0.39, 0.29) is 10.7 Å². The maximum Gasteiger partial charge on any atom is 0.236 e. The van der Waals surface area contributed by atoms with Crippen molar-refractivity contribution in [2.24, 2.45) is 0 Å². The van der Waals surface area contributed by atoms with E-state index in [0.29, 0.717) is 0 Å². The predicted molar refractivity (Wildman–Crippen MR) is 68.8 cm³/mol. The molecule has 1 amide bonds. The summed E-state index contributed by atoms with van der Waals surface area (Å²) >= 11 is 3.39. The second-order valence-corrected chi connectivity index (χ2v) is 5.43. The zero-order valence-electron chi connectivity index (χ0n) is 9.45. The summed E-state index contributed by atoms with van der Waals surface area (Å²) in [6, 6.07) is 8.48. The van der Waals surface area contributed by atoms with Crippen molar-refractivity contribution in [2.45, 2.75) is 24.6 Å². The second-order valence-electron chi connectivity index (χ2n) is 4.32. The zero-order chi connectivity index (χ0) is 11.5. The summed E-state index contributed by atoms with van der Waals surface area (Å²) in [6.45, 7) is 3.82. The minimum Gasteiger partial charge on any atom is -0.341 e. The van der Waals surface area contributed by atoms with Crippen molar-refractivity contribution in [2.75, 3.05) is 13.1 Å². The molecule has 1 unspecified atom stereocenters. The minimum absolute atomic E-state index is 0.0463. The van der Waals surface area contributed by atoms with Crippen molar-refractivity contribution < 1.29 is 4.79 Å². The van der Waals surface area contributed by atoms with Gasteiger partial charge in [0.15, 0.2) is 0 Å². The lowest BCUT2D eigenvalue weighted by atomic mass is 10.1. The third-order valence-corrected chi connectivity index (χ3v) is 3.83. The number of halogens is 1. The summed E-state index contributed by atoms with van der Waals surface area (Å²) < 4.78 is 0. The number of carbonyl (C=O) groups is 1. The van der Waals surface area contributed by atoms with Gasteiger partial charge in [-0.2, -0.15) is 0 Å². The third kappa shape index (κ3) is 2.64.